The summed E-state index contributed by atoms with van der Waals surface area (Å²) in [5.41, 5.74) is 0. The monoisotopic (exact) mass is 345 g/mol. The van der Waals surface area contributed by atoms with Crippen LogP contribution in [0.4, 0.5) is 5.13 Å². The molecule has 0 aromatic carbocycles. The summed E-state index contributed by atoms with van der Waals surface area (Å²) < 4.78 is 0.825. The fourth-order valence-electron chi connectivity index (χ4n) is 1.65. The van der Waals surface area contributed by atoms with E-state index < -0.39 is 0 Å². The fourth-order valence-corrected chi connectivity index (χ4v) is 3.25. The summed E-state index contributed by atoms with van der Waals surface area (Å²) in [6, 6.07) is 0. The van der Waals surface area contributed by atoms with E-state index in [2.05, 4.69) is 29.0 Å². The third kappa shape index (κ3) is 7.78. The number of carbonyl (C=O) groups is 1. The summed E-state index contributed by atoms with van der Waals surface area (Å²) in [7, 11) is 0. The van der Waals surface area contributed by atoms with Crippen LogP contribution in [-0.2, 0) is 4.79 Å². The van der Waals surface area contributed by atoms with Crippen LogP contribution >= 0.6 is 35.3 Å². The van der Waals surface area contributed by atoms with E-state index in [1.807, 2.05) is 5.38 Å². The van der Waals surface area contributed by atoms with E-state index in [0.29, 0.717) is 10.9 Å². The molecule has 118 valence electrons. The molecule has 0 radical (unpaired) electrons. The Labute approximate surface area is 140 Å². The Kier molecular flexibility index (Phi) is 9.62. The number of amides is 1. The Morgan fingerprint density at radius 2 is 2.05 bits per heavy atom. The molecule has 0 unspecified atom stereocenters. The van der Waals surface area contributed by atoms with Crippen LogP contribution in [-0.4, -0.2) is 39.0 Å². The van der Waals surface area contributed by atoms with E-state index in [1.54, 1.807) is 6.20 Å². The normalized spacial score (nSPS) is 10.4. The molecule has 0 aliphatic carbocycles. The highest BCUT2D eigenvalue weighted by atomic mass is 32.2. The van der Waals surface area contributed by atoms with Gasteiger partial charge in [-0.2, -0.15) is 0 Å². The second kappa shape index (κ2) is 11.0. The van der Waals surface area contributed by atoms with Gasteiger partial charge in [-0.25, -0.2) is 4.98 Å². The number of aromatic nitrogens is 1. The summed E-state index contributed by atoms with van der Waals surface area (Å²) >= 11 is 8.32. The summed E-state index contributed by atoms with van der Waals surface area (Å²) in [6.45, 7) is 6.32. The lowest BCUT2D eigenvalue weighted by molar-refractivity contribution is -0.113. The van der Waals surface area contributed by atoms with Gasteiger partial charge in [-0.3, -0.25) is 4.79 Å². The van der Waals surface area contributed by atoms with Gasteiger partial charge in [0.1, 0.15) is 4.32 Å². The van der Waals surface area contributed by atoms with Gasteiger partial charge >= 0.3 is 0 Å². The average Bonchev–Trinajstić information content (AvgIpc) is 2.98. The van der Waals surface area contributed by atoms with Gasteiger partial charge in [-0.15, -0.1) is 11.3 Å². The second-order valence-corrected chi connectivity index (χ2v) is 7.14. The minimum absolute atomic E-state index is 0.0526. The second-order valence-electron chi connectivity index (χ2n) is 4.63. The molecule has 1 N–H and O–H groups in total. The van der Waals surface area contributed by atoms with E-state index in [0.717, 1.165) is 43.1 Å². The van der Waals surface area contributed by atoms with Crippen LogP contribution in [0, 0.1) is 0 Å². The van der Waals surface area contributed by atoms with Crippen LogP contribution < -0.4 is 5.32 Å². The number of thioether (sulfide) groups is 1. The van der Waals surface area contributed by atoms with E-state index in [4.69, 9.17) is 12.2 Å². The van der Waals surface area contributed by atoms with E-state index >= 15 is 0 Å². The molecule has 21 heavy (non-hydrogen) atoms. The minimum atomic E-state index is -0.0526. The number of unbranched alkanes of at least 4 members (excludes halogenated alkanes) is 2. The largest absolute Gasteiger partial charge is 0.358 e. The van der Waals surface area contributed by atoms with Crippen LogP contribution in [0.3, 0.4) is 0 Å². The number of nitrogens with zero attached hydrogens (tertiary/aromatic N) is 2. The predicted molar refractivity (Wildman–Crippen MR) is 97.2 cm³/mol. The Bertz CT molecular complexity index is 415. The van der Waals surface area contributed by atoms with Crippen molar-refractivity contribution in [2.75, 3.05) is 24.2 Å². The number of hydrogen-bond donors (Lipinski definition) is 1. The van der Waals surface area contributed by atoms with Crippen molar-refractivity contribution in [3.05, 3.63) is 11.6 Å². The molecule has 0 bridgehead atoms. The van der Waals surface area contributed by atoms with Gasteiger partial charge in [0.25, 0.3) is 0 Å². The summed E-state index contributed by atoms with van der Waals surface area (Å²) in [5, 5.41) is 5.25. The van der Waals surface area contributed by atoms with Gasteiger partial charge in [-0.1, -0.05) is 50.7 Å². The molecule has 0 spiro atoms. The number of carbonyl (C=O) groups excluding carboxylic acids is 1. The van der Waals surface area contributed by atoms with E-state index in [9.17, 15) is 4.79 Å². The van der Waals surface area contributed by atoms with Crippen molar-refractivity contribution in [2.45, 2.75) is 39.5 Å². The highest BCUT2D eigenvalue weighted by Gasteiger charge is 2.12. The van der Waals surface area contributed by atoms with Crippen molar-refractivity contribution in [2.24, 2.45) is 0 Å². The lowest BCUT2D eigenvalue weighted by atomic mass is 10.3. The van der Waals surface area contributed by atoms with Crippen molar-refractivity contribution in [1.29, 1.82) is 0 Å². The van der Waals surface area contributed by atoms with E-state index in [1.165, 1.54) is 23.1 Å². The molecule has 1 aromatic rings. The number of anilines is 1. The molecule has 0 fully saturated rings. The lowest BCUT2D eigenvalue weighted by Crippen LogP contribution is -2.30. The smallest absolute Gasteiger partial charge is 0.236 e. The Hall–Kier alpha value is -0.660. The van der Waals surface area contributed by atoms with Gasteiger partial charge < -0.3 is 10.2 Å². The fraction of sp³-hybridized carbons (Fsp3) is 0.643. The number of thiazole rings is 1. The van der Waals surface area contributed by atoms with Crippen molar-refractivity contribution < 1.29 is 4.79 Å². The first-order chi connectivity index (χ1) is 10.2. The summed E-state index contributed by atoms with van der Waals surface area (Å²) in [6.07, 6.45) is 6.25. The maximum absolute atomic E-state index is 11.8. The zero-order chi connectivity index (χ0) is 15.5. The van der Waals surface area contributed by atoms with Gasteiger partial charge in [0.05, 0.1) is 5.75 Å². The Morgan fingerprint density at radius 3 is 2.57 bits per heavy atom. The number of thiocarbonyl (C=S) groups is 1. The number of rotatable bonds is 9. The first-order valence-corrected chi connectivity index (χ1v) is 9.55. The summed E-state index contributed by atoms with van der Waals surface area (Å²) in [5.74, 6) is 0.288. The quantitative estimate of drug-likeness (QED) is 0.685. The molecule has 0 aliphatic heterocycles. The zero-order valence-electron chi connectivity index (χ0n) is 12.6. The third-order valence-electron chi connectivity index (χ3n) is 2.83. The van der Waals surface area contributed by atoms with Crippen molar-refractivity contribution in [3.8, 4) is 0 Å². The molecule has 1 amide bonds. The van der Waals surface area contributed by atoms with Gasteiger partial charge in [0, 0.05) is 24.7 Å². The standard InChI is InChI=1S/C14H23N3OS3/c1-3-5-8-17(9-6-4-2)14(19)21-11-12(18)16-13-15-7-10-20-13/h7,10H,3-6,8-9,11H2,1-2H3,(H,15,16,18). The number of nitrogens with one attached hydrogen (secondary N) is 1. The topological polar surface area (TPSA) is 45.2 Å². The van der Waals surface area contributed by atoms with Crippen molar-refractivity contribution >= 4 is 50.7 Å². The first-order valence-electron chi connectivity index (χ1n) is 7.28. The maximum atomic E-state index is 11.8. The molecule has 4 nitrogen and oxygen atoms in total. The van der Waals surface area contributed by atoms with Crippen LogP contribution in [0.2, 0.25) is 0 Å². The van der Waals surface area contributed by atoms with Crippen LogP contribution in [0.1, 0.15) is 39.5 Å². The van der Waals surface area contributed by atoms with Gasteiger partial charge in [0.15, 0.2) is 5.13 Å². The highest BCUT2D eigenvalue weighted by molar-refractivity contribution is 8.23. The average molecular weight is 346 g/mol. The minimum Gasteiger partial charge on any atom is -0.358 e. The van der Waals surface area contributed by atoms with Crippen LogP contribution in [0.15, 0.2) is 11.6 Å². The third-order valence-corrected chi connectivity index (χ3v) is 5.04. The molecule has 0 saturated heterocycles. The number of hydrogen-bond acceptors (Lipinski definition) is 5. The maximum Gasteiger partial charge on any atom is 0.236 e. The molecule has 1 heterocycles. The van der Waals surface area contributed by atoms with Gasteiger partial charge in [0.2, 0.25) is 5.91 Å². The molecular formula is C14H23N3OS3. The Balaban J connectivity index is 2.35. The van der Waals surface area contributed by atoms with Crippen LogP contribution in [0.25, 0.3) is 0 Å². The zero-order valence-corrected chi connectivity index (χ0v) is 15.1. The SMILES string of the molecule is CCCCN(CCCC)C(=S)SCC(=O)Nc1nccs1. The molecule has 0 saturated carbocycles. The van der Waals surface area contributed by atoms with Crippen molar-refractivity contribution in [1.82, 2.24) is 9.88 Å². The predicted octanol–water partition coefficient (Wildman–Crippen LogP) is 4.00. The molecule has 1 aromatic heterocycles. The molecule has 1 rings (SSSR count). The molecule has 7 heteroatoms. The van der Waals surface area contributed by atoms with Crippen molar-refractivity contribution in [3.63, 3.8) is 0 Å². The molecule has 0 atom stereocenters. The molecular weight excluding hydrogens is 322 g/mol. The highest BCUT2D eigenvalue weighted by Crippen LogP contribution is 2.14. The van der Waals surface area contributed by atoms with Gasteiger partial charge in [-0.05, 0) is 12.8 Å². The van der Waals surface area contributed by atoms with E-state index in [-0.39, 0.29) is 5.91 Å². The van der Waals surface area contributed by atoms with Crippen LogP contribution in [0.5, 0.6) is 0 Å². The lowest BCUT2D eigenvalue weighted by Gasteiger charge is -2.24. The summed E-state index contributed by atoms with van der Waals surface area (Å²) in [4.78, 5) is 18.1. The molecule has 0 aliphatic rings. The first kappa shape index (κ1) is 18.4. The Morgan fingerprint density at radius 1 is 1.38 bits per heavy atom.